The van der Waals surface area contributed by atoms with Crippen LogP contribution in [0, 0.1) is 11.7 Å². The number of carbonyl (C=O) groups excluding carboxylic acids is 3. The molecule has 2 aromatic carbocycles. The quantitative estimate of drug-likeness (QED) is 0.446. The van der Waals surface area contributed by atoms with Gasteiger partial charge in [0.2, 0.25) is 5.91 Å². The molecule has 2 aromatic rings. The molecule has 0 saturated carbocycles. The average molecular weight is 602 g/mol. The van der Waals surface area contributed by atoms with Crippen molar-refractivity contribution in [3.63, 3.8) is 0 Å². The van der Waals surface area contributed by atoms with Gasteiger partial charge in [-0.3, -0.25) is 14.4 Å². The largest absolute Gasteiger partial charge is 0.573 e. The zero-order chi connectivity index (χ0) is 30.8. The van der Waals surface area contributed by atoms with Crippen LogP contribution in [0.3, 0.4) is 0 Å². The molecule has 3 amide bonds. The molecule has 224 valence electrons. The predicted octanol–water partition coefficient (Wildman–Crippen LogP) is 3.69. The van der Waals surface area contributed by atoms with E-state index in [2.05, 4.69) is 15.4 Å². The molecule has 1 atom stereocenters. The Bertz CT molecular complexity index is 1400. The van der Waals surface area contributed by atoms with Gasteiger partial charge in [0.25, 0.3) is 11.8 Å². The monoisotopic (exact) mass is 601 g/mol. The van der Waals surface area contributed by atoms with Crippen LogP contribution in [0.5, 0.6) is 5.75 Å². The first-order chi connectivity index (χ1) is 18.9. The van der Waals surface area contributed by atoms with Crippen LogP contribution in [0.1, 0.15) is 54.3 Å². The number of halogens is 4. The van der Waals surface area contributed by atoms with E-state index in [0.29, 0.717) is 25.0 Å². The summed E-state index contributed by atoms with van der Waals surface area (Å²) in [6.07, 6.45) is -3.23. The van der Waals surface area contributed by atoms with Crippen molar-refractivity contribution < 1.29 is 45.1 Å². The Morgan fingerprint density at radius 3 is 2.10 bits per heavy atom. The van der Waals surface area contributed by atoms with Crippen LogP contribution in [0.4, 0.5) is 17.6 Å². The van der Waals surface area contributed by atoms with Gasteiger partial charge in [0.1, 0.15) is 17.6 Å². The molecule has 0 spiro atoms. The van der Waals surface area contributed by atoms with Gasteiger partial charge in [-0.15, -0.1) is 13.2 Å². The van der Waals surface area contributed by atoms with Gasteiger partial charge in [0, 0.05) is 30.4 Å². The summed E-state index contributed by atoms with van der Waals surface area (Å²) >= 11 is 0. The number of hydrogen-bond donors (Lipinski definition) is 2. The molecular weight excluding hydrogens is 570 g/mol. The van der Waals surface area contributed by atoms with E-state index in [1.165, 1.54) is 29.2 Å². The van der Waals surface area contributed by atoms with Gasteiger partial charge in [0.15, 0.2) is 9.84 Å². The molecule has 1 unspecified atom stereocenters. The lowest BCUT2D eigenvalue weighted by molar-refractivity contribution is -0.274. The number of sulfone groups is 1. The summed E-state index contributed by atoms with van der Waals surface area (Å²) in [6.45, 7) is 5.59. The highest BCUT2D eigenvalue weighted by Gasteiger charge is 2.37. The summed E-state index contributed by atoms with van der Waals surface area (Å²) in [4.78, 5) is 40.5. The van der Waals surface area contributed by atoms with Crippen LogP contribution in [0.25, 0.3) is 0 Å². The molecule has 14 heteroatoms. The first-order valence-corrected chi connectivity index (χ1v) is 14.6. The van der Waals surface area contributed by atoms with Crippen molar-refractivity contribution in [3.8, 4) is 5.75 Å². The molecule has 1 saturated heterocycles. The number of nitrogens with one attached hydrogen (secondary N) is 2. The highest BCUT2D eigenvalue weighted by molar-refractivity contribution is 7.90. The first-order valence-electron chi connectivity index (χ1n) is 12.7. The van der Waals surface area contributed by atoms with Crippen molar-refractivity contribution in [2.24, 2.45) is 5.92 Å². The van der Waals surface area contributed by atoms with Gasteiger partial charge in [-0.1, -0.05) is 13.8 Å². The zero-order valence-electron chi connectivity index (χ0n) is 22.8. The maximum atomic E-state index is 14.3. The number of rotatable bonds is 8. The number of hydrogen-bond acceptors (Lipinski definition) is 6. The summed E-state index contributed by atoms with van der Waals surface area (Å²) in [7, 11) is -3.41. The van der Waals surface area contributed by atoms with Gasteiger partial charge < -0.3 is 20.3 Å². The van der Waals surface area contributed by atoms with Crippen LogP contribution in [-0.2, 0) is 14.6 Å². The van der Waals surface area contributed by atoms with E-state index in [-0.39, 0.29) is 23.5 Å². The third kappa shape index (κ3) is 8.41. The van der Waals surface area contributed by atoms with E-state index >= 15 is 0 Å². The van der Waals surface area contributed by atoms with Crippen molar-refractivity contribution in [2.75, 3.05) is 19.3 Å². The highest BCUT2D eigenvalue weighted by Crippen LogP contribution is 2.26. The fourth-order valence-corrected chi connectivity index (χ4v) is 4.98. The number of alkyl halides is 3. The second-order valence-electron chi connectivity index (χ2n) is 10.5. The van der Waals surface area contributed by atoms with Crippen LogP contribution >= 0.6 is 0 Å². The molecule has 1 aliphatic heterocycles. The fourth-order valence-electron chi connectivity index (χ4n) is 4.35. The van der Waals surface area contributed by atoms with Crippen molar-refractivity contribution in [1.82, 2.24) is 15.5 Å². The Morgan fingerprint density at radius 2 is 1.59 bits per heavy atom. The Balaban J connectivity index is 1.64. The smallest absolute Gasteiger partial charge is 0.406 e. The third-order valence-electron chi connectivity index (χ3n) is 6.77. The molecule has 3 rings (SSSR count). The summed E-state index contributed by atoms with van der Waals surface area (Å²) in [5.74, 6) is -4.23. The molecule has 0 aromatic heterocycles. The van der Waals surface area contributed by atoms with E-state index in [9.17, 15) is 40.4 Å². The van der Waals surface area contributed by atoms with Gasteiger partial charge >= 0.3 is 6.36 Å². The highest BCUT2D eigenvalue weighted by atomic mass is 32.2. The first kappa shape index (κ1) is 31.8. The maximum Gasteiger partial charge on any atom is 0.573 e. The number of likely N-dealkylation sites (tertiary alicyclic amines) is 1. The lowest BCUT2D eigenvalue weighted by Gasteiger charge is -2.41. The number of nitrogens with zero attached hydrogens (tertiary/aromatic N) is 1. The SMILES string of the molecule is CC(C)C(NC(=O)c1cc(OC(F)(F)F)ccc1F)C(=O)N1CCC(C)(NC(=O)c2ccc(S(C)(=O)=O)cc2)CC1. The van der Waals surface area contributed by atoms with Gasteiger partial charge in [-0.25, -0.2) is 12.8 Å². The Kier molecular flexibility index (Phi) is 9.36. The summed E-state index contributed by atoms with van der Waals surface area (Å²) in [5, 5.41) is 5.36. The minimum atomic E-state index is -5.03. The Labute approximate surface area is 235 Å². The van der Waals surface area contributed by atoms with E-state index in [4.69, 9.17) is 0 Å². The molecule has 1 aliphatic rings. The molecule has 41 heavy (non-hydrogen) atoms. The van der Waals surface area contributed by atoms with Crippen molar-refractivity contribution in [3.05, 3.63) is 59.4 Å². The van der Waals surface area contributed by atoms with Crippen molar-refractivity contribution in [2.45, 2.75) is 56.5 Å². The molecule has 0 bridgehead atoms. The minimum Gasteiger partial charge on any atom is -0.406 e. The van der Waals surface area contributed by atoms with E-state index in [1.54, 1.807) is 13.8 Å². The number of piperidine rings is 1. The normalized spacial score (nSPS) is 16.2. The Hall–Kier alpha value is -3.68. The molecule has 1 fully saturated rings. The maximum absolute atomic E-state index is 14.3. The second kappa shape index (κ2) is 12.0. The topological polar surface area (TPSA) is 122 Å². The van der Waals surface area contributed by atoms with Crippen molar-refractivity contribution in [1.29, 1.82) is 0 Å². The summed E-state index contributed by atoms with van der Waals surface area (Å²) in [5.41, 5.74) is -1.11. The average Bonchev–Trinajstić information content (AvgIpc) is 2.86. The minimum absolute atomic E-state index is 0.0870. The number of carbonyl (C=O) groups is 3. The molecular formula is C27H31F4N3O6S. The van der Waals surface area contributed by atoms with E-state index in [0.717, 1.165) is 12.3 Å². The standard InChI is InChI=1S/C27H31F4N3O6S/c1-16(2)22(32-24(36)20-15-18(7-10-21(20)28)40-27(29,30)31)25(37)34-13-11-26(3,12-14-34)33-23(35)17-5-8-19(9-6-17)41(4,38)39/h5-10,15-16,22H,11-14H2,1-4H3,(H,32,36)(H,33,35). The Morgan fingerprint density at radius 1 is 1.00 bits per heavy atom. The second-order valence-corrected chi connectivity index (χ2v) is 12.5. The molecule has 0 aliphatic carbocycles. The fraction of sp³-hybridized carbons (Fsp3) is 0.444. The third-order valence-corrected chi connectivity index (χ3v) is 7.90. The van der Waals surface area contributed by atoms with Crippen LogP contribution in [0.15, 0.2) is 47.4 Å². The number of benzene rings is 2. The molecule has 2 N–H and O–H groups in total. The van der Waals surface area contributed by atoms with E-state index in [1.807, 2.05) is 6.92 Å². The molecule has 9 nitrogen and oxygen atoms in total. The number of ether oxygens (including phenoxy) is 1. The van der Waals surface area contributed by atoms with Crippen LogP contribution in [0.2, 0.25) is 0 Å². The lowest BCUT2D eigenvalue weighted by atomic mass is 9.88. The summed E-state index contributed by atoms with van der Waals surface area (Å²) < 4.78 is 79.0. The lowest BCUT2D eigenvalue weighted by Crippen LogP contribution is -2.58. The van der Waals surface area contributed by atoms with Crippen molar-refractivity contribution >= 4 is 27.6 Å². The van der Waals surface area contributed by atoms with Crippen LogP contribution < -0.4 is 15.4 Å². The molecule has 1 heterocycles. The van der Waals surface area contributed by atoms with Gasteiger partial charge in [0.05, 0.1) is 10.5 Å². The number of amides is 3. The van der Waals surface area contributed by atoms with Gasteiger partial charge in [-0.05, 0) is 68.1 Å². The molecule has 0 radical (unpaired) electrons. The zero-order valence-corrected chi connectivity index (χ0v) is 23.7. The summed E-state index contributed by atoms with van der Waals surface area (Å²) in [6, 6.07) is 6.44. The van der Waals surface area contributed by atoms with E-state index < -0.39 is 68.6 Å². The van der Waals surface area contributed by atoms with Crippen LogP contribution in [-0.4, -0.2) is 68.3 Å². The van der Waals surface area contributed by atoms with Gasteiger partial charge in [-0.2, -0.15) is 0 Å². The predicted molar refractivity (Wildman–Crippen MR) is 140 cm³/mol.